The predicted molar refractivity (Wildman–Crippen MR) is 86.3 cm³/mol. The van der Waals surface area contributed by atoms with E-state index in [0.29, 0.717) is 0 Å². The van der Waals surface area contributed by atoms with E-state index in [0.717, 1.165) is 37.7 Å². The number of nitrogens with one attached hydrogen (secondary N) is 1. The van der Waals surface area contributed by atoms with Gasteiger partial charge in [-0.15, -0.1) is 12.4 Å². The minimum atomic E-state index is 0. The van der Waals surface area contributed by atoms with Crippen molar-refractivity contribution in [1.29, 1.82) is 0 Å². The summed E-state index contributed by atoms with van der Waals surface area (Å²) in [6, 6.07) is 8.11. The van der Waals surface area contributed by atoms with E-state index in [1.165, 1.54) is 16.7 Å². The van der Waals surface area contributed by atoms with Crippen LogP contribution in [-0.2, 0) is 0 Å². The van der Waals surface area contributed by atoms with Crippen LogP contribution in [0.4, 0.5) is 0 Å². The Morgan fingerprint density at radius 1 is 1.16 bits per heavy atom. The van der Waals surface area contributed by atoms with Gasteiger partial charge in [0.15, 0.2) is 0 Å². The quantitative estimate of drug-likeness (QED) is 0.920. The molecule has 1 aliphatic rings. The van der Waals surface area contributed by atoms with Crippen LogP contribution in [0.5, 0.6) is 0 Å². The second kappa shape index (κ2) is 7.91. The molecule has 0 spiro atoms. The highest BCUT2D eigenvalue weighted by Gasteiger charge is 2.11. The van der Waals surface area contributed by atoms with Crippen LogP contribution in [0.3, 0.4) is 0 Å². The second-order valence-corrected chi connectivity index (χ2v) is 5.37. The van der Waals surface area contributed by atoms with Crippen molar-refractivity contribution in [2.24, 2.45) is 0 Å². The summed E-state index contributed by atoms with van der Waals surface area (Å²) in [4.78, 5) is 2.51. The van der Waals surface area contributed by atoms with Gasteiger partial charge in [-0.1, -0.05) is 29.3 Å². The standard InChI is InChI=1S/C15H21ClN2.ClH/c1-12(11-18-9-7-17-8-10-18)13(2)14-3-5-15(16)6-4-14;/h3-6,17H,7-11H2,1-2H3;1H/b13-12-;. The second-order valence-electron chi connectivity index (χ2n) is 4.94. The van der Waals surface area contributed by atoms with Gasteiger partial charge in [0.05, 0.1) is 0 Å². The summed E-state index contributed by atoms with van der Waals surface area (Å²) < 4.78 is 0. The molecule has 0 radical (unpaired) electrons. The first-order valence-corrected chi connectivity index (χ1v) is 6.90. The summed E-state index contributed by atoms with van der Waals surface area (Å²) in [5.41, 5.74) is 4.08. The Labute approximate surface area is 127 Å². The van der Waals surface area contributed by atoms with Crippen LogP contribution in [0.15, 0.2) is 29.8 Å². The van der Waals surface area contributed by atoms with E-state index in [9.17, 15) is 0 Å². The van der Waals surface area contributed by atoms with Gasteiger partial charge in [-0.3, -0.25) is 4.90 Å². The third kappa shape index (κ3) is 4.81. The number of benzene rings is 1. The third-order valence-electron chi connectivity index (χ3n) is 3.59. The monoisotopic (exact) mass is 300 g/mol. The largest absolute Gasteiger partial charge is 0.314 e. The zero-order valence-corrected chi connectivity index (χ0v) is 13.2. The lowest BCUT2D eigenvalue weighted by Gasteiger charge is -2.28. The first-order valence-electron chi connectivity index (χ1n) is 6.52. The van der Waals surface area contributed by atoms with Gasteiger partial charge in [-0.25, -0.2) is 0 Å². The van der Waals surface area contributed by atoms with Crippen LogP contribution in [0.2, 0.25) is 5.02 Å². The Balaban J connectivity index is 0.00000180. The fourth-order valence-corrected chi connectivity index (χ4v) is 2.40. The first-order chi connectivity index (χ1) is 8.66. The molecule has 1 aromatic carbocycles. The molecule has 19 heavy (non-hydrogen) atoms. The molecule has 1 N–H and O–H groups in total. The van der Waals surface area contributed by atoms with Crippen molar-refractivity contribution in [3.8, 4) is 0 Å². The first kappa shape index (κ1) is 16.5. The van der Waals surface area contributed by atoms with E-state index < -0.39 is 0 Å². The van der Waals surface area contributed by atoms with Crippen molar-refractivity contribution in [2.45, 2.75) is 13.8 Å². The Morgan fingerprint density at radius 3 is 2.32 bits per heavy atom. The predicted octanol–water partition coefficient (Wildman–Crippen LogP) is 3.46. The molecule has 2 rings (SSSR count). The molecule has 1 aromatic rings. The van der Waals surface area contributed by atoms with E-state index in [1.807, 2.05) is 12.1 Å². The zero-order chi connectivity index (χ0) is 13.0. The molecule has 0 aromatic heterocycles. The van der Waals surface area contributed by atoms with Crippen LogP contribution in [-0.4, -0.2) is 37.6 Å². The van der Waals surface area contributed by atoms with Gasteiger partial charge >= 0.3 is 0 Å². The van der Waals surface area contributed by atoms with Gasteiger partial charge in [0.1, 0.15) is 0 Å². The van der Waals surface area contributed by atoms with Crippen molar-refractivity contribution in [2.75, 3.05) is 32.7 Å². The average molecular weight is 301 g/mol. The Morgan fingerprint density at radius 2 is 1.74 bits per heavy atom. The zero-order valence-electron chi connectivity index (χ0n) is 11.6. The minimum absolute atomic E-state index is 0. The summed E-state index contributed by atoms with van der Waals surface area (Å²) in [5, 5.41) is 4.18. The van der Waals surface area contributed by atoms with Gasteiger partial charge in [0.2, 0.25) is 0 Å². The van der Waals surface area contributed by atoms with Crippen molar-refractivity contribution in [1.82, 2.24) is 10.2 Å². The number of allylic oxidation sites excluding steroid dienone is 1. The van der Waals surface area contributed by atoms with Crippen LogP contribution in [0, 0.1) is 0 Å². The van der Waals surface area contributed by atoms with E-state index >= 15 is 0 Å². The van der Waals surface area contributed by atoms with Crippen molar-refractivity contribution in [3.05, 3.63) is 40.4 Å². The van der Waals surface area contributed by atoms with Crippen LogP contribution < -0.4 is 5.32 Å². The molecular formula is C15H22Cl2N2. The highest BCUT2D eigenvalue weighted by molar-refractivity contribution is 6.30. The number of nitrogens with zero attached hydrogens (tertiary/aromatic N) is 1. The van der Waals surface area contributed by atoms with Crippen molar-refractivity contribution >= 4 is 29.6 Å². The van der Waals surface area contributed by atoms with Gasteiger partial charge < -0.3 is 5.32 Å². The smallest absolute Gasteiger partial charge is 0.0406 e. The summed E-state index contributed by atoms with van der Waals surface area (Å²) in [6.07, 6.45) is 0. The molecule has 2 nitrogen and oxygen atoms in total. The average Bonchev–Trinajstić information content (AvgIpc) is 2.40. The van der Waals surface area contributed by atoms with Gasteiger partial charge in [-0.05, 0) is 37.1 Å². The summed E-state index contributed by atoms with van der Waals surface area (Å²) in [5.74, 6) is 0. The summed E-state index contributed by atoms with van der Waals surface area (Å²) >= 11 is 5.92. The molecule has 0 aliphatic carbocycles. The van der Waals surface area contributed by atoms with Gasteiger partial charge in [-0.2, -0.15) is 0 Å². The molecule has 0 amide bonds. The molecule has 1 fully saturated rings. The number of halogens is 2. The van der Waals surface area contributed by atoms with E-state index in [4.69, 9.17) is 11.6 Å². The van der Waals surface area contributed by atoms with E-state index in [-0.39, 0.29) is 12.4 Å². The fourth-order valence-electron chi connectivity index (χ4n) is 2.27. The number of hydrogen-bond donors (Lipinski definition) is 1. The molecular weight excluding hydrogens is 279 g/mol. The third-order valence-corrected chi connectivity index (χ3v) is 3.84. The molecule has 1 saturated heterocycles. The Kier molecular flexibility index (Phi) is 6.87. The van der Waals surface area contributed by atoms with Gasteiger partial charge in [0.25, 0.3) is 0 Å². The summed E-state index contributed by atoms with van der Waals surface area (Å²) in [6.45, 7) is 9.99. The molecule has 1 aliphatic heterocycles. The fraction of sp³-hybridized carbons (Fsp3) is 0.467. The molecule has 1 heterocycles. The summed E-state index contributed by atoms with van der Waals surface area (Å²) in [7, 11) is 0. The minimum Gasteiger partial charge on any atom is -0.314 e. The molecule has 4 heteroatoms. The maximum Gasteiger partial charge on any atom is 0.0406 e. The molecule has 0 atom stereocenters. The number of piperazine rings is 1. The normalized spacial score (nSPS) is 17.6. The lowest BCUT2D eigenvalue weighted by molar-refractivity contribution is 0.260. The van der Waals surface area contributed by atoms with E-state index in [1.54, 1.807) is 0 Å². The molecule has 0 bridgehead atoms. The Hall–Kier alpha value is -0.540. The SMILES string of the molecule is C/C(CN1CCNCC1)=C(\C)c1ccc(Cl)cc1.Cl. The molecule has 106 valence electrons. The van der Waals surface area contributed by atoms with Crippen LogP contribution >= 0.6 is 24.0 Å². The lowest BCUT2D eigenvalue weighted by atomic mass is 10.0. The maximum absolute atomic E-state index is 5.92. The van der Waals surface area contributed by atoms with Crippen LogP contribution in [0.25, 0.3) is 5.57 Å². The highest BCUT2D eigenvalue weighted by Crippen LogP contribution is 2.20. The lowest BCUT2D eigenvalue weighted by Crippen LogP contribution is -2.44. The maximum atomic E-state index is 5.92. The topological polar surface area (TPSA) is 15.3 Å². The number of hydrogen-bond acceptors (Lipinski definition) is 2. The molecule has 0 saturated carbocycles. The number of rotatable bonds is 3. The van der Waals surface area contributed by atoms with Crippen molar-refractivity contribution < 1.29 is 0 Å². The van der Waals surface area contributed by atoms with Gasteiger partial charge in [0, 0.05) is 37.7 Å². The van der Waals surface area contributed by atoms with E-state index in [2.05, 4.69) is 36.2 Å². The van der Waals surface area contributed by atoms with Crippen LogP contribution in [0.1, 0.15) is 19.4 Å². The Bertz CT molecular complexity index is 420. The van der Waals surface area contributed by atoms with Crippen molar-refractivity contribution in [3.63, 3.8) is 0 Å². The molecule has 0 unspecified atom stereocenters. The highest BCUT2D eigenvalue weighted by atomic mass is 35.5.